The van der Waals surface area contributed by atoms with Gasteiger partial charge in [0.15, 0.2) is 0 Å². The first-order valence-electron chi connectivity index (χ1n) is 7.02. The quantitative estimate of drug-likeness (QED) is 0.792. The van der Waals surface area contributed by atoms with Gasteiger partial charge in [0.2, 0.25) is 5.91 Å². The average Bonchev–Trinajstić information content (AvgIpc) is 3.17. The number of nitrogens with zero attached hydrogens (tertiary/aromatic N) is 1. The molecule has 0 radical (unpaired) electrons. The molecule has 4 heteroatoms. The Morgan fingerprint density at radius 3 is 2.81 bits per heavy atom. The summed E-state index contributed by atoms with van der Waals surface area (Å²) in [5, 5.41) is 0.715. The maximum absolute atomic E-state index is 12.4. The summed E-state index contributed by atoms with van der Waals surface area (Å²) in [6.07, 6.45) is 6.89. The Morgan fingerprint density at radius 1 is 1.29 bits per heavy atom. The van der Waals surface area contributed by atoms with Gasteiger partial charge in [0.05, 0.1) is 12.3 Å². The Balaban J connectivity index is 1.74. The van der Waals surface area contributed by atoms with Crippen LogP contribution in [0, 0.1) is 0 Å². The van der Waals surface area contributed by atoms with E-state index in [-0.39, 0.29) is 11.9 Å². The van der Waals surface area contributed by atoms with Crippen LogP contribution in [-0.2, 0) is 4.79 Å². The summed E-state index contributed by atoms with van der Waals surface area (Å²) in [6.45, 7) is 0.786. The van der Waals surface area contributed by atoms with Gasteiger partial charge in [0, 0.05) is 17.6 Å². The second-order valence-electron chi connectivity index (χ2n) is 5.09. The van der Waals surface area contributed by atoms with Crippen LogP contribution in [0.1, 0.15) is 30.2 Å². The van der Waals surface area contributed by atoms with E-state index in [1.165, 1.54) is 0 Å². The lowest BCUT2D eigenvalue weighted by molar-refractivity contribution is -0.126. The van der Waals surface area contributed by atoms with Crippen molar-refractivity contribution < 1.29 is 9.21 Å². The van der Waals surface area contributed by atoms with Crippen molar-refractivity contribution >= 4 is 23.6 Å². The van der Waals surface area contributed by atoms with Gasteiger partial charge >= 0.3 is 0 Å². The molecule has 3 rings (SSSR count). The second kappa shape index (κ2) is 6.19. The molecule has 2 aromatic rings. The van der Waals surface area contributed by atoms with Crippen molar-refractivity contribution in [3.63, 3.8) is 0 Å². The van der Waals surface area contributed by atoms with Crippen LogP contribution in [0.25, 0.3) is 6.08 Å². The summed E-state index contributed by atoms with van der Waals surface area (Å²) in [6, 6.07) is 11.5. The average molecular weight is 302 g/mol. The highest BCUT2D eigenvalue weighted by Crippen LogP contribution is 2.32. The molecule has 1 aliphatic rings. The summed E-state index contributed by atoms with van der Waals surface area (Å²) in [5.74, 6) is 0.703. The lowest BCUT2D eigenvalue weighted by Gasteiger charge is -2.23. The number of amides is 1. The van der Waals surface area contributed by atoms with Crippen LogP contribution in [0.15, 0.2) is 53.2 Å². The van der Waals surface area contributed by atoms with Crippen LogP contribution >= 0.6 is 11.6 Å². The van der Waals surface area contributed by atoms with Crippen molar-refractivity contribution in [3.8, 4) is 0 Å². The molecule has 21 heavy (non-hydrogen) atoms. The first-order valence-corrected chi connectivity index (χ1v) is 7.39. The van der Waals surface area contributed by atoms with Crippen LogP contribution in [0.3, 0.4) is 0 Å². The van der Waals surface area contributed by atoms with Crippen LogP contribution < -0.4 is 0 Å². The molecule has 3 nitrogen and oxygen atoms in total. The number of hydrogen-bond acceptors (Lipinski definition) is 2. The van der Waals surface area contributed by atoms with Gasteiger partial charge in [-0.25, -0.2) is 0 Å². The van der Waals surface area contributed by atoms with Crippen LogP contribution in [-0.4, -0.2) is 17.4 Å². The van der Waals surface area contributed by atoms with E-state index < -0.39 is 0 Å². The van der Waals surface area contributed by atoms with Crippen molar-refractivity contribution in [1.82, 2.24) is 4.90 Å². The number of rotatable bonds is 3. The Hall–Kier alpha value is -2.00. The number of halogens is 1. The Kier molecular flexibility index (Phi) is 4.11. The monoisotopic (exact) mass is 301 g/mol. The predicted octanol–water partition coefficient (Wildman–Crippen LogP) is 4.31. The molecule has 1 atom stereocenters. The SMILES string of the molecule is O=C(C=Cc1ccco1)N1CCCC1c1ccc(Cl)cc1. The van der Waals surface area contributed by atoms with E-state index in [9.17, 15) is 4.79 Å². The zero-order valence-corrected chi connectivity index (χ0v) is 12.3. The van der Waals surface area contributed by atoms with E-state index in [0.717, 1.165) is 24.9 Å². The molecule has 1 amide bonds. The van der Waals surface area contributed by atoms with E-state index in [1.54, 1.807) is 24.5 Å². The smallest absolute Gasteiger partial charge is 0.247 e. The van der Waals surface area contributed by atoms with Crippen molar-refractivity contribution in [3.05, 3.63) is 65.1 Å². The third-order valence-corrected chi connectivity index (χ3v) is 3.98. The van der Waals surface area contributed by atoms with Gasteiger partial charge in [0.25, 0.3) is 0 Å². The lowest BCUT2D eigenvalue weighted by atomic mass is 10.0. The van der Waals surface area contributed by atoms with Crippen LogP contribution in [0.4, 0.5) is 0 Å². The summed E-state index contributed by atoms with van der Waals surface area (Å²) in [4.78, 5) is 14.3. The maximum Gasteiger partial charge on any atom is 0.247 e. The molecule has 0 spiro atoms. The highest BCUT2D eigenvalue weighted by molar-refractivity contribution is 6.30. The molecular formula is C17H16ClNO2. The molecule has 1 aromatic carbocycles. The van der Waals surface area contributed by atoms with Gasteiger partial charge in [-0.15, -0.1) is 0 Å². The van der Waals surface area contributed by atoms with Gasteiger partial charge < -0.3 is 9.32 Å². The largest absolute Gasteiger partial charge is 0.465 e. The molecule has 1 saturated heterocycles. The van der Waals surface area contributed by atoms with Gasteiger partial charge in [-0.3, -0.25) is 4.79 Å². The zero-order chi connectivity index (χ0) is 14.7. The van der Waals surface area contributed by atoms with E-state index in [0.29, 0.717) is 10.8 Å². The topological polar surface area (TPSA) is 33.5 Å². The van der Waals surface area contributed by atoms with E-state index in [4.69, 9.17) is 16.0 Å². The molecular weight excluding hydrogens is 286 g/mol. The van der Waals surface area contributed by atoms with Gasteiger partial charge in [-0.05, 0) is 48.7 Å². The second-order valence-corrected chi connectivity index (χ2v) is 5.53. The Morgan fingerprint density at radius 2 is 2.10 bits per heavy atom. The molecule has 0 aliphatic carbocycles. The number of benzene rings is 1. The maximum atomic E-state index is 12.4. The van der Waals surface area contributed by atoms with E-state index in [2.05, 4.69) is 0 Å². The third-order valence-electron chi connectivity index (χ3n) is 3.72. The number of furan rings is 1. The molecule has 2 heterocycles. The summed E-state index contributed by atoms with van der Waals surface area (Å²) < 4.78 is 5.20. The predicted molar refractivity (Wildman–Crippen MR) is 82.9 cm³/mol. The van der Waals surface area contributed by atoms with Crippen molar-refractivity contribution in [1.29, 1.82) is 0 Å². The number of carbonyl (C=O) groups excluding carboxylic acids is 1. The number of hydrogen-bond donors (Lipinski definition) is 0. The van der Waals surface area contributed by atoms with Crippen molar-refractivity contribution in [2.45, 2.75) is 18.9 Å². The zero-order valence-electron chi connectivity index (χ0n) is 11.5. The summed E-state index contributed by atoms with van der Waals surface area (Å²) in [5.41, 5.74) is 1.14. The lowest BCUT2D eigenvalue weighted by Crippen LogP contribution is -2.28. The molecule has 1 fully saturated rings. The molecule has 0 N–H and O–H groups in total. The molecule has 1 unspecified atom stereocenters. The fourth-order valence-corrected chi connectivity index (χ4v) is 2.82. The van der Waals surface area contributed by atoms with E-state index in [1.807, 2.05) is 35.2 Å². The molecule has 1 aromatic heterocycles. The highest BCUT2D eigenvalue weighted by atomic mass is 35.5. The molecule has 0 bridgehead atoms. The van der Waals surface area contributed by atoms with Gasteiger partial charge in [-0.2, -0.15) is 0 Å². The first kappa shape index (κ1) is 14.0. The fraction of sp³-hybridized carbons (Fsp3) is 0.235. The van der Waals surface area contributed by atoms with Crippen molar-refractivity contribution in [2.24, 2.45) is 0 Å². The minimum absolute atomic E-state index is 0.0175. The minimum Gasteiger partial charge on any atom is -0.465 e. The van der Waals surface area contributed by atoms with E-state index >= 15 is 0 Å². The Labute approximate surface area is 128 Å². The molecule has 1 aliphatic heterocycles. The van der Waals surface area contributed by atoms with Crippen LogP contribution in [0.5, 0.6) is 0 Å². The third kappa shape index (κ3) is 3.19. The van der Waals surface area contributed by atoms with Gasteiger partial charge in [0.1, 0.15) is 5.76 Å². The summed E-state index contributed by atoms with van der Waals surface area (Å²) in [7, 11) is 0. The number of carbonyl (C=O) groups is 1. The van der Waals surface area contributed by atoms with Gasteiger partial charge in [-0.1, -0.05) is 23.7 Å². The van der Waals surface area contributed by atoms with Crippen molar-refractivity contribution in [2.75, 3.05) is 6.54 Å². The molecule has 0 saturated carbocycles. The molecule has 108 valence electrons. The van der Waals surface area contributed by atoms with Crippen LogP contribution in [0.2, 0.25) is 5.02 Å². The Bertz CT molecular complexity index is 631. The highest BCUT2D eigenvalue weighted by Gasteiger charge is 2.28. The first-order chi connectivity index (χ1) is 10.2. The standard InChI is InChI=1S/C17H16ClNO2/c18-14-7-5-13(6-8-14)16-4-1-11-19(16)17(20)10-9-15-3-2-12-21-15/h2-3,5-10,12,16H,1,4,11H2. The fourth-order valence-electron chi connectivity index (χ4n) is 2.70. The normalized spacial score (nSPS) is 18.5. The number of likely N-dealkylation sites (tertiary alicyclic amines) is 1. The minimum atomic E-state index is 0.0175. The summed E-state index contributed by atoms with van der Waals surface area (Å²) >= 11 is 5.92.